The quantitative estimate of drug-likeness (QED) is 0.816. The zero-order valence-electron chi connectivity index (χ0n) is 16.0. The van der Waals surface area contributed by atoms with E-state index in [0.717, 1.165) is 24.4 Å². The van der Waals surface area contributed by atoms with Crippen molar-refractivity contribution in [2.75, 3.05) is 27.2 Å². The number of nitriles is 2. The number of hydrogen-bond acceptors (Lipinski definition) is 5. The molecule has 2 aliphatic heterocycles. The maximum atomic E-state index is 9.06. The molecule has 2 aromatic rings. The van der Waals surface area contributed by atoms with Crippen LogP contribution in [0.25, 0.3) is 6.08 Å². The molecule has 1 saturated heterocycles. The fraction of sp³-hybridized carbons (Fsp3) is 0.261. The Morgan fingerprint density at radius 1 is 0.964 bits per heavy atom. The minimum absolute atomic E-state index is 0.162. The zero-order chi connectivity index (χ0) is 19.7. The Labute approximate surface area is 165 Å². The van der Waals surface area contributed by atoms with Crippen LogP contribution in [-0.4, -0.2) is 42.8 Å². The molecular formula is C23H21N5. The molecule has 1 fully saturated rings. The molecule has 2 atom stereocenters. The lowest BCUT2D eigenvalue weighted by molar-refractivity contribution is 0.211. The van der Waals surface area contributed by atoms with Crippen molar-refractivity contribution in [3.8, 4) is 12.1 Å². The average molecular weight is 367 g/mol. The van der Waals surface area contributed by atoms with Crippen LogP contribution in [0.5, 0.6) is 0 Å². The number of hydrazone groups is 1. The normalized spacial score (nSPS) is 23.1. The molecule has 28 heavy (non-hydrogen) atoms. The molecule has 2 aromatic carbocycles. The first kappa shape index (κ1) is 18.0. The van der Waals surface area contributed by atoms with E-state index in [9.17, 15) is 0 Å². The van der Waals surface area contributed by atoms with Gasteiger partial charge in [-0.15, -0.1) is 0 Å². The number of hydrogen-bond donors (Lipinski definition) is 0. The van der Waals surface area contributed by atoms with Gasteiger partial charge in [0.1, 0.15) is 0 Å². The Balaban J connectivity index is 1.67. The Hall–Kier alpha value is -3.41. The van der Waals surface area contributed by atoms with Crippen molar-refractivity contribution in [3.05, 3.63) is 76.4 Å². The van der Waals surface area contributed by atoms with E-state index < -0.39 is 0 Å². The highest BCUT2D eigenvalue weighted by Gasteiger charge is 2.41. The maximum absolute atomic E-state index is 9.06. The van der Waals surface area contributed by atoms with Crippen molar-refractivity contribution in [1.82, 2.24) is 9.91 Å². The van der Waals surface area contributed by atoms with E-state index in [4.69, 9.17) is 15.6 Å². The second-order valence-electron chi connectivity index (χ2n) is 7.44. The van der Waals surface area contributed by atoms with Crippen molar-refractivity contribution in [1.29, 1.82) is 10.5 Å². The summed E-state index contributed by atoms with van der Waals surface area (Å²) in [6.07, 6.45) is 2.18. The molecule has 0 spiro atoms. The fourth-order valence-electron chi connectivity index (χ4n) is 4.15. The molecular weight excluding hydrogens is 346 g/mol. The minimum atomic E-state index is 0.162. The van der Waals surface area contributed by atoms with Gasteiger partial charge in [0.25, 0.3) is 0 Å². The highest BCUT2D eigenvalue weighted by Crippen LogP contribution is 2.39. The topological polar surface area (TPSA) is 66.4 Å². The van der Waals surface area contributed by atoms with Crippen molar-refractivity contribution in [3.63, 3.8) is 0 Å². The lowest BCUT2D eigenvalue weighted by Crippen LogP contribution is -2.41. The van der Waals surface area contributed by atoms with Crippen LogP contribution in [0.15, 0.2) is 59.2 Å². The second-order valence-corrected chi connectivity index (χ2v) is 7.44. The summed E-state index contributed by atoms with van der Waals surface area (Å²) in [7, 11) is 4.16. The SMILES string of the molecule is CN1C/C(=C/c2ccc(C#N)cc2)C2=NN(C)C(c3ccc(C#N)cc3)C2C1. The van der Waals surface area contributed by atoms with Crippen LogP contribution in [0.4, 0.5) is 0 Å². The Morgan fingerprint density at radius 3 is 2.18 bits per heavy atom. The van der Waals surface area contributed by atoms with Gasteiger partial charge < -0.3 is 4.90 Å². The van der Waals surface area contributed by atoms with Gasteiger partial charge in [-0.05, 0) is 54.1 Å². The summed E-state index contributed by atoms with van der Waals surface area (Å²) in [5, 5.41) is 25.0. The maximum Gasteiger partial charge on any atom is 0.0991 e. The highest BCUT2D eigenvalue weighted by molar-refractivity contribution is 6.07. The summed E-state index contributed by atoms with van der Waals surface area (Å²) in [5.41, 5.74) is 5.95. The van der Waals surface area contributed by atoms with E-state index >= 15 is 0 Å². The number of fused-ring (bicyclic) bond motifs is 1. The standard InChI is InChI=1S/C23H21N5/c1-27-14-20(11-16-3-5-17(12-24)6-4-16)22-21(15-27)23(28(2)26-22)19-9-7-18(13-25)8-10-19/h3-11,21,23H,14-15H2,1-2H3/b20-11-. The lowest BCUT2D eigenvalue weighted by Gasteiger charge is -2.34. The summed E-state index contributed by atoms with van der Waals surface area (Å²) in [6.45, 7) is 1.79. The van der Waals surface area contributed by atoms with E-state index in [1.807, 2.05) is 60.6 Å². The molecule has 0 N–H and O–H groups in total. The van der Waals surface area contributed by atoms with E-state index in [-0.39, 0.29) is 12.0 Å². The molecule has 0 aromatic heterocycles. The van der Waals surface area contributed by atoms with Crippen molar-refractivity contribution in [2.45, 2.75) is 6.04 Å². The smallest absolute Gasteiger partial charge is 0.0991 e. The van der Waals surface area contributed by atoms with E-state index in [0.29, 0.717) is 11.1 Å². The van der Waals surface area contributed by atoms with Crippen LogP contribution in [0.1, 0.15) is 28.3 Å². The Kier molecular flexibility index (Phi) is 4.69. The largest absolute Gasteiger partial charge is 0.301 e. The first-order valence-corrected chi connectivity index (χ1v) is 9.30. The van der Waals surface area contributed by atoms with Gasteiger partial charge in [0.05, 0.1) is 35.0 Å². The number of rotatable bonds is 2. The van der Waals surface area contributed by atoms with Crippen molar-refractivity contribution < 1.29 is 0 Å². The molecule has 0 radical (unpaired) electrons. The third kappa shape index (κ3) is 3.29. The number of benzene rings is 2. The van der Waals surface area contributed by atoms with E-state index in [1.165, 1.54) is 11.1 Å². The average Bonchev–Trinajstić information content (AvgIpc) is 3.04. The third-order valence-corrected chi connectivity index (χ3v) is 5.44. The molecule has 5 heteroatoms. The van der Waals surface area contributed by atoms with Gasteiger partial charge in [-0.3, -0.25) is 5.01 Å². The number of piperidine rings is 1. The minimum Gasteiger partial charge on any atom is -0.301 e. The van der Waals surface area contributed by atoms with Gasteiger partial charge in [0.2, 0.25) is 0 Å². The van der Waals surface area contributed by atoms with Crippen molar-refractivity contribution >= 4 is 11.8 Å². The molecule has 4 rings (SSSR count). The predicted molar refractivity (Wildman–Crippen MR) is 109 cm³/mol. The summed E-state index contributed by atoms with van der Waals surface area (Å²) >= 11 is 0. The van der Waals surface area contributed by atoms with E-state index in [1.54, 1.807) is 0 Å². The summed E-state index contributed by atoms with van der Waals surface area (Å²) in [4.78, 5) is 2.33. The van der Waals surface area contributed by atoms with Gasteiger partial charge in [0, 0.05) is 26.1 Å². The van der Waals surface area contributed by atoms with E-state index in [2.05, 4.69) is 30.2 Å². The van der Waals surface area contributed by atoms with Crippen LogP contribution in [-0.2, 0) is 0 Å². The monoisotopic (exact) mass is 367 g/mol. The van der Waals surface area contributed by atoms with Gasteiger partial charge in [-0.25, -0.2) is 0 Å². The molecule has 2 heterocycles. The van der Waals surface area contributed by atoms with Gasteiger partial charge in [-0.1, -0.05) is 24.3 Å². The molecule has 2 aliphatic rings. The number of likely N-dealkylation sites (N-methyl/N-ethyl adjacent to an activating group) is 1. The van der Waals surface area contributed by atoms with Crippen LogP contribution >= 0.6 is 0 Å². The molecule has 0 amide bonds. The van der Waals surface area contributed by atoms with Crippen LogP contribution < -0.4 is 0 Å². The lowest BCUT2D eigenvalue weighted by atomic mass is 9.83. The van der Waals surface area contributed by atoms with Crippen LogP contribution in [0, 0.1) is 28.6 Å². The third-order valence-electron chi connectivity index (χ3n) is 5.44. The van der Waals surface area contributed by atoms with Gasteiger partial charge in [0.15, 0.2) is 0 Å². The van der Waals surface area contributed by atoms with Crippen LogP contribution in [0.2, 0.25) is 0 Å². The molecule has 0 bridgehead atoms. The summed E-state index contributed by atoms with van der Waals surface area (Å²) < 4.78 is 0. The number of likely N-dealkylation sites (tertiary alicyclic amines) is 1. The van der Waals surface area contributed by atoms with Gasteiger partial charge in [-0.2, -0.15) is 15.6 Å². The number of nitrogens with zero attached hydrogens (tertiary/aromatic N) is 5. The van der Waals surface area contributed by atoms with Gasteiger partial charge >= 0.3 is 0 Å². The van der Waals surface area contributed by atoms with Crippen LogP contribution in [0.3, 0.4) is 0 Å². The highest BCUT2D eigenvalue weighted by atomic mass is 15.5. The first-order valence-electron chi connectivity index (χ1n) is 9.30. The summed E-state index contributed by atoms with van der Waals surface area (Å²) in [6, 6.07) is 20.0. The molecule has 0 saturated carbocycles. The second kappa shape index (κ2) is 7.31. The summed E-state index contributed by atoms with van der Waals surface area (Å²) in [5.74, 6) is 0.279. The predicted octanol–water partition coefficient (Wildman–Crippen LogP) is 3.42. The Bertz CT molecular complexity index is 1020. The zero-order valence-corrected chi connectivity index (χ0v) is 16.0. The Morgan fingerprint density at radius 2 is 1.57 bits per heavy atom. The molecule has 0 aliphatic carbocycles. The molecule has 2 unspecified atom stereocenters. The van der Waals surface area contributed by atoms with Crippen molar-refractivity contribution in [2.24, 2.45) is 11.0 Å². The molecule has 5 nitrogen and oxygen atoms in total. The molecule has 138 valence electrons. The fourth-order valence-corrected chi connectivity index (χ4v) is 4.15. The first-order chi connectivity index (χ1) is 13.6.